The Labute approximate surface area is 202 Å². The molecule has 9 nitrogen and oxygen atoms in total. The number of hydrogen-bond donors (Lipinski definition) is 0. The van der Waals surface area contributed by atoms with E-state index >= 15 is 0 Å². The number of amides is 3. The standard InChI is InChI=1S/C25H38N2O7/c1-8-31-21(22(28)27-20(17(2)3)16-33-24(27)30)15-18-9-11-19(12-10-18)32-14-13-26(7)23(29)34-25(4,5)6/h9-12,17,20-21H,8,13-16H2,1-7H3/t20-,21+/m1/s1. The van der Waals surface area contributed by atoms with Crippen LogP contribution in [0.25, 0.3) is 0 Å². The van der Waals surface area contributed by atoms with Gasteiger partial charge in [0.2, 0.25) is 0 Å². The third-order valence-electron chi connectivity index (χ3n) is 5.30. The van der Waals surface area contributed by atoms with Crippen molar-refractivity contribution in [3.63, 3.8) is 0 Å². The van der Waals surface area contributed by atoms with Gasteiger partial charge in [-0.3, -0.25) is 4.79 Å². The zero-order valence-corrected chi connectivity index (χ0v) is 21.3. The summed E-state index contributed by atoms with van der Waals surface area (Å²) in [6.45, 7) is 12.4. The Morgan fingerprint density at radius 1 is 1.21 bits per heavy atom. The molecule has 0 aromatic heterocycles. The van der Waals surface area contributed by atoms with E-state index in [0.29, 0.717) is 31.9 Å². The summed E-state index contributed by atoms with van der Waals surface area (Å²) in [5, 5.41) is 0. The molecule has 0 saturated carbocycles. The zero-order chi connectivity index (χ0) is 25.5. The van der Waals surface area contributed by atoms with Gasteiger partial charge >= 0.3 is 12.2 Å². The number of carbonyl (C=O) groups excluding carboxylic acids is 3. The van der Waals surface area contributed by atoms with Crippen LogP contribution in [0.4, 0.5) is 9.59 Å². The van der Waals surface area contributed by atoms with Gasteiger partial charge in [0, 0.05) is 20.1 Å². The Bertz CT molecular complexity index is 833. The first-order valence-electron chi connectivity index (χ1n) is 11.7. The summed E-state index contributed by atoms with van der Waals surface area (Å²) in [6, 6.07) is 7.02. The van der Waals surface area contributed by atoms with Crippen LogP contribution in [0.15, 0.2) is 24.3 Å². The molecule has 34 heavy (non-hydrogen) atoms. The van der Waals surface area contributed by atoms with Gasteiger partial charge < -0.3 is 23.8 Å². The van der Waals surface area contributed by atoms with Crippen LogP contribution >= 0.6 is 0 Å². The first kappa shape index (κ1) is 27.4. The molecule has 1 fully saturated rings. The molecule has 190 valence electrons. The number of ether oxygens (including phenoxy) is 4. The largest absolute Gasteiger partial charge is 0.492 e. The highest BCUT2D eigenvalue weighted by atomic mass is 16.6. The lowest BCUT2D eigenvalue weighted by Gasteiger charge is -2.26. The Morgan fingerprint density at radius 3 is 2.41 bits per heavy atom. The lowest BCUT2D eigenvalue weighted by molar-refractivity contribution is -0.141. The van der Waals surface area contributed by atoms with E-state index in [1.807, 2.05) is 53.7 Å². The Balaban J connectivity index is 1.93. The highest BCUT2D eigenvalue weighted by Crippen LogP contribution is 2.23. The summed E-state index contributed by atoms with van der Waals surface area (Å²) >= 11 is 0. The molecule has 2 rings (SSSR count). The van der Waals surface area contributed by atoms with Crippen molar-refractivity contribution in [2.75, 3.05) is 33.4 Å². The van der Waals surface area contributed by atoms with Gasteiger partial charge in [0.25, 0.3) is 5.91 Å². The van der Waals surface area contributed by atoms with Crippen LogP contribution in [0.1, 0.15) is 47.1 Å². The normalized spacial score (nSPS) is 16.9. The molecule has 1 aliphatic rings. The maximum absolute atomic E-state index is 13.1. The number of likely N-dealkylation sites (N-methyl/N-ethyl adjacent to an activating group) is 1. The van der Waals surface area contributed by atoms with Gasteiger partial charge in [0.15, 0.2) is 0 Å². The van der Waals surface area contributed by atoms with Crippen molar-refractivity contribution in [3.05, 3.63) is 29.8 Å². The summed E-state index contributed by atoms with van der Waals surface area (Å²) < 4.78 is 21.9. The van der Waals surface area contributed by atoms with E-state index in [2.05, 4.69) is 0 Å². The topological polar surface area (TPSA) is 94.6 Å². The predicted molar refractivity (Wildman–Crippen MR) is 127 cm³/mol. The average molecular weight is 479 g/mol. The first-order valence-corrected chi connectivity index (χ1v) is 11.7. The van der Waals surface area contributed by atoms with Crippen molar-refractivity contribution in [1.29, 1.82) is 0 Å². The van der Waals surface area contributed by atoms with Crippen molar-refractivity contribution >= 4 is 18.1 Å². The minimum absolute atomic E-state index is 0.0865. The van der Waals surface area contributed by atoms with Crippen LogP contribution in [0, 0.1) is 5.92 Å². The third-order valence-corrected chi connectivity index (χ3v) is 5.30. The minimum Gasteiger partial charge on any atom is -0.492 e. The smallest absolute Gasteiger partial charge is 0.417 e. The second-order valence-corrected chi connectivity index (χ2v) is 9.64. The van der Waals surface area contributed by atoms with Gasteiger partial charge in [-0.25, -0.2) is 14.5 Å². The fourth-order valence-electron chi connectivity index (χ4n) is 3.42. The summed E-state index contributed by atoms with van der Waals surface area (Å²) in [5.74, 6) is 0.348. The van der Waals surface area contributed by atoms with Crippen LogP contribution in [0.5, 0.6) is 5.75 Å². The molecule has 0 bridgehead atoms. The lowest BCUT2D eigenvalue weighted by Crippen LogP contribution is -2.48. The van der Waals surface area contributed by atoms with Gasteiger partial charge in [0.1, 0.15) is 30.7 Å². The molecule has 1 heterocycles. The van der Waals surface area contributed by atoms with Crippen LogP contribution in [-0.4, -0.2) is 79.1 Å². The molecule has 1 saturated heterocycles. The van der Waals surface area contributed by atoms with Crippen molar-refractivity contribution in [2.24, 2.45) is 5.92 Å². The summed E-state index contributed by atoms with van der Waals surface area (Å²) in [4.78, 5) is 40.0. The Morgan fingerprint density at radius 2 is 1.85 bits per heavy atom. The van der Waals surface area contributed by atoms with Gasteiger partial charge in [-0.2, -0.15) is 0 Å². The van der Waals surface area contributed by atoms with Gasteiger partial charge in [-0.1, -0.05) is 26.0 Å². The number of cyclic esters (lactones) is 1. The molecule has 3 amide bonds. The quantitative estimate of drug-likeness (QED) is 0.504. The Kier molecular flexibility index (Phi) is 9.73. The number of imide groups is 1. The maximum atomic E-state index is 13.1. The van der Waals surface area contributed by atoms with Crippen molar-refractivity contribution in [2.45, 2.75) is 65.7 Å². The molecular weight excluding hydrogens is 440 g/mol. The molecular formula is C25H38N2O7. The maximum Gasteiger partial charge on any atom is 0.417 e. The fraction of sp³-hybridized carbons (Fsp3) is 0.640. The number of hydrogen-bond acceptors (Lipinski definition) is 7. The number of rotatable bonds is 10. The SMILES string of the molecule is CCO[C@@H](Cc1ccc(OCCN(C)C(=O)OC(C)(C)C)cc1)C(=O)N1C(=O)OC[C@@H]1C(C)C. The lowest BCUT2D eigenvalue weighted by atomic mass is 10.0. The first-order chi connectivity index (χ1) is 15.9. The second kappa shape index (κ2) is 12.1. The number of carbonyl (C=O) groups is 3. The highest BCUT2D eigenvalue weighted by Gasteiger charge is 2.42. The molecule has 1 aromatic carbocycles. The van der Waals surface area contributed by atoms with Crippen LogP contribution < -0.4 is 4.74 Å². The van der Waals surface area contributed by atoms with E-state index in [4.69, 9.17) is 18.9 Å². The van der Waals surface area contributed by atoms with Crippen molar-refractivity contribution in [3.8, 4) is 5.75 Å². The van der Waals surface area contributed by atoms with Crippen LogP contribution in [0.2, 0.25) is 0 Å². The van der Waals surface area contributed by atoms with Gasteiger partial charge in [-0.05, 0) is 51.3 Å². The van der Waals surface area contributed by atoms with E-state index in [-0.39, 0.29) is 24.5 Å². The molecule has 0 aliphatic carbocycles. The average Bonchev–Trinajstić information content (AvgIpc) is 3.14. The molecule has 9 heteroatoms. The highest BCUT2D eigenvalue weighted by molar-refractivity contribution is 5.96. The Hall–Kier alpha value is -2.81. The van der Waals surface area contributed by atoms with Gasteiger partial charge in [0.05, 0.1) is 12.6 Å². The van der Waals surface area contributed by atoms with Crippen LogP contribution in [-0.2, 0) is 25.4 Å². The molecule has 0 spiro atoms. The molecule has 1 aliphatic heterocycles. The van der Waals surface area contributed by atoms with Crippen molar-refractivity contribution < 1.29 is 33.3 Å². The predicted octanol–water partition coefficient (Wildman–Crippen LogP) is 3.88. The monoisotopic (exact) mass is 478 g/mol. The van der Waals surface area contributed by atoms with E-state index in [1.165, 1.54) is 9.80 Å². The fourth-order valence-corrected chi connectivity index (χ4v) is 3.42. The van der Waals surface area contributed by atoms with E-state index in [9.17, 15) is 14.4 Å². The summed E-state index contributed by atoms with van der Waals surface area (Å²) in [6.07, 6.45) is -1.48. The van der Waals surface area contributed by atoms with Crippen LogP contribution in [0.3, 0.4) is 0 Å². The van der Waals surface area contributed by atoms with Crippen molar-refractivity contribution in [1.82, 2.24) is 9.80 Å². The zero-order valence-electron chi connectivity index (χ0n) is 21.3. The second-order valence-electron chi connectivity index (χ2n) is 9.64. The van der Waals surface area contributed by atoms with E-state index in [0.717, 1.165) is 5.56 Å². The molecule has 0 unspecified atom stereocenters. The molecule has 2 atom stereocenters. The number of benzene rings is 1. The third kappa shape index (κ3) is 7.90. The summed E-state index contributed by atoms with van der Waals surface area (Å²) in [7, 11) is 1.66. The number of nitrogens with zero attached hydrogens (tertiary/aromatic N) is 2. The minimum atomic E-state index is -0.786. The van der Waals surface area contributed by atoms with E-state index in [1.54, 1.807) is 19.2 Å². The summed E-state index contributed by atoms with van der Waals surface area (Å²) in [5.41, 5.74) is 0.326. The van der Waals surface area contributed by atoms with E-state index < -0.39 is 23.9 Å². The molecule has 0 N–H and O–H groups in total. The van der Waals surface area contributed by atoms with Gasteiger partial charge in [-0.15, -0.1) is 0 Å². The molecule has 1 aromatic rings. The molecule has 0 radical (unpaired) electrons.